The van der Waals surface area contributed by atoms with E-state index in [9.17, 15) is 12.8 Å². The van der Waals surface area contributed by atoms with Crippen molar-refractivity contribution in [2.45, 2.75) is 30.3 Å². The number of nitrogens with zero attached hydrogens (tertiary/aromatic N) is 1. The van der Waals surface area contributed by atoms with E-state index in [4.69, 9.17) is 0 Å². The molecule has 0 aliphatic carbocycles. The van der Waals surface area contributed by atoms with E-state index >= 15 is 0 Å². The van der Waals surface area contributed by atoms with Gasteiger partial charge in [-0.15, -0.1) is 0 Å². The van der Waals surface area contributed by atoms with Gasteiger partial charge in [0.15, 0.2) is 0 Å². The lowest BCUT2D eigenvalue weighted by molar-refractivity contribution is 0.184. The minimum Gasteiger partial charge on any atom is -0.246 e. The van der Waals surface area contributed by atoms with Gasteiger partial charge in [0.1, 0.15) is 6.17 Å². The van der Waals surface area contributed by atoms with Crippen LogP contribution in [-0.2, 0) is 10.0 Å². The Balaban J connectivity index is 1.88. The first-order valence-corrected chi connectivity index (χ1v) is 9.16. The van der Waals surface area contributed by atoms with E-state index in [1.54, 1.807) is 24.3 Å². The van der Waals surface area contributed by atoms with Crippen LogP contribution in [0.2, 0.25) is 0 Å². The molecular formula is C18H20FNO2S. The molecule has 1 fully saturated rings. The zero-order valence-corrected chi connectivity index (χ0v) is 13.8. The predicted molar refractivity (Wildman–Crippen MR) is 88.6 cm³/mol. The molecule has 1 saturated heterocycles. The Morgan fingerprint density at radius 3 is 2.30 bits per heavy atom. The summed E-state index contributed by atoms with van der Waals surface area (Å²) < 4.78 is 41.0. The first kappa shape index (κ1) is 16.1. The number of hydrogen-bond donors (Lipinski definition) is 0. The average molecular weight is 333 g/mol. The minimum absolute atomic E-state index is 0.0699. The zero-order valence-electron chi connectivity index (χ0n) is 13.0. The standard InChI is InChI=1S/C18H20FNO2S/c1-14-7-9-18(10-8-14)23(21,22)20-12-16(11-17(19)13-20)15-5-3-2-4-6-15/h2-10,16-17H,11-13H2,1H3/t16-,17+/m1/s1. The fraction of sp³-hybridized carbons (Fsp3) is 0.333. The molecule has 2 aromatic rings. The normalized spacial score (nSPS) is 22.9. The van der Waals surface area contributed by atoms with Gasteiger partial charge in [-0.05, 0) is 31.0 Å². The summed E-state index contributed by atoms with van der Waals surface area (Å²) >= 11 is 0. The van der Waals surface area contributed by atoms with Gasteiger partial charge in [0.2, 0.25) is 10.0 Å². The first-order chi connectivity index (χ1) is 11.0. The van der Waals surface area contributed by atoms with Crippen molar-refractivity contribution >= 4 is 10.0 Å². The lowest BCUT2D eigenvalue weighted by Gasteiger charge is -2.34. The Morgan fingerprint density at radius 2 is 1.65 bits per heavy atom. The molecule has 3 nitrogen and oxygen atoms in total. The van der Waals surface area contributed by atoms with E-state index in [1.807, 2.05) is 37.3 Å². The summed E-state index contributed by atoms with van der Waals surface area (Å²) in [4.78, 5) is 0.226. The van der Waals surface area contributed by atoms with Crippen molar-refractivity contribution in [3.63, 3.8) is 0 Å². The Bertz CT molecular complexity index is 759. The van der Waals surface area contributed by atoms with Crippen molar-refractivity contribution in [2.75, 3.05) is 13.1 Å². The number of piperidine rings is 1. The maximum atomic E-state index is 14.2. The smallest absolute Gasteiger partial charge is 0.243 e. The zero-order chi connectivity index (χ0) is 16.4. The van der Waals surface area contributed by atoms with Crippen molar-refractivity contribution in [1.29, 1.82) is 0 Å². The molecule has 0 bridgehead atoms. The van der Waals surface area contributed by atoms with Gasteiger partial charge in [-0.3, -0.25) is 0 Å². The van der Waals surface area contributed by atoms with Gasteiger partial charge in [-0.1, -0.05) is 48.0 Å². The van der Waals surface area contributed by atoms with Crippen LogP contribution in [0.15, 0.2) is 59.5 Å². The Hall–Kier alpha value is -1.72. The lowest BCUT2D eigenvalue weighted by atomic mass is 9.91. The van der Waals surface area contributed by atoms with Gasteiger partial charge in [-0.25, -0.2) is 12.8 Å². The molecule has 1 aliphatic rings. The van der Waals surface area contributed by atoms with Crippen molar-refractivity contribution in [3.8, 4) is 0 Å². The van der Waals surface area contributed by atoms with E-state index < -0.39 is 16.2 Å². The number of halogens is 1. The maximum Gasteiger partial charge on any atom is 0.243 e. The molecule has 0 spiro atoms. The largest absolute Gasteiger partial charge is 0.246 e. The van der Waals surface area contributed by atoms with Crippen molar-refractivity contribution in [3.05, 3.63) is 65.7 Å². The van der Waals surface area contributed by atoms with Crippen LogP contribution in [0.1, 0.15) is 23.5 Å². The van der Waals surface area contributed by atoms with Crippen LogP contribution in [-0.4, -0.2) is 32.0 Å². The second-order valence-electron chi connectivity index (χ2n) is 6.08. The summed E-state index contributed by atoms with van der Waals surface area (Å²) in [5.41, 5.74) is 1.98. The van der Waals surface area contributed by atoms with Crippen LogP contribution in [0.3, 0.4) is 0 Å². The highest BCUT2D eigenvalue weighted by Crippen LogP contribution is 2.31. The topological polar surface area (TPSA) is 37.4 Å². The SMILES string of the molecule is Cc1ccc(S(=O)(=O)N2C[C@@H](F)C[C@@H](c3ccccc3)C2)cc1. The molecule has 2 aromatic carbocycles. The third kappa shape index (κ3) is 3.46. The quantitative estimate of drug-likeness (QED) is 0.862. The molecule has 0 saturated carbocycles. The molecule has 0 radical (unpaired) electrons. The Labute approximate surface area is 136 Å². The van der Waals surface area contributed by atoms with Gasteiger partial charge in [-0.2, -0.15) is 4.31 Å². The molecule has 122 valence electrons. The third-order valence-corrected chi connectivity index (χ3v) is 6.14. The Morgan fingerprint density at radius 1 is 1.00 bits per heavy atom. The van der Waals surface area contributed by atoms with E-state index in [1.165, 1.54) is 4.31 Å². The molecule has 3 rings (SSSR count). The molecule has 0 aromatic heterocycles. The third-order valence-electron chi connectivity index (χ3n) is 4.30. The van der Waals surface area contributed by atoms with Gasteiger partial charge < -0.3 is 0 Å². The minimum atomic E-state index is -3.66. The van der Waals surface area contributed by atoms with Crippen LogP contribution in [0.4, 0.5) is 4.39 Å². The molecule has 0 unspecified atom stereocenters. The number of benzene rings is 2. The van der Waals surface area contributed by atoms with E-state index in [0.717, 1.165) is 11.1 Å². The van der Waals surface area contributed by atoms with Gasteiger partial charge in [0, 0.05) is 19.0 Å². The molecule has 5 heteroatoms. The molecule has 1 heterocycles. The summed E-state index contributed by atoms with van der Waals surface area (Å²) in [6, 6.07) is 16.3. The summed E-state index contributed by atoms with van der Waals surface area (Å²) in [6.07, 6.45) is -0.779. The maximum absolute atomic E-state index is 14.2. The second-order valence-corrected chi connectivity index (χ2v) is 8.01. The van der Waals surface area contributed by atoms with Gasteiger partial charge in [0.25, 0.3) is 0 Å². The highest BCUT2D eigenvalue weighted by molar-refractivity contribution is 7.89. The number of alkyl halides is 1. The average Bonchev–Trinajstić information content (AvgIpc) is 2.55. The molecule has 23 heavy (non-hydrogen) atoms. The van der Waals surface area contributed by atoms with E-state index in [-0.39, 0.29) is 17.4 Å². The highest BCUT2D eigenvalue weighted by atomic mass is 32.2. The van der Waals surface area contributed by atoms with Crippen LogP contribution >= 0.6 is 0 Å². The van der Waals surface area contributed by atoms with Crippen LogP contribution < -0.4 is 0 Å². The highest BCUT2D eigenvalue weighted by Gasteiger charge is 2.35. The molecular weight excluding hydrogens is 313 g/mol. The van der Waals surface area contributed by atoms with E-state index in [0.29, 0.717) is 13.0 Å². The summed E-state index contributed by atoms with van der Waals surface area (Å²) in [5.74, 6) is -0.111. The van der Waals surface area contributed by atoms with Crippen molar-refractivity contribution in [1.82, 2.24) is 4.31 Å². The summed E-state index contributed by atoms with van der Waals surface area (Å²) in [5, 5.41) is 0. The number of rotatable bonds is 3. The van der Waals surface area contributed by atoms with Gasteiger partial charge in [0.05, 0.1) is 4.90 Å². The number of hydrogen-bond acceptors (Lipinski definition) is 2. The van der Waals surface area contributed by atoms with Crippen molar-refractivity contribution < 1.29 is 12.8 Å². The Kier molecular flexibility index (Phi) is 4.50. The predicted octanol–water partition coefficient (Wildman–Crippen LogP) is 3.51. The molecule has 0 N–H and O–H groups in total. The molecule has 0 amide bonds. The van der Waals surface area contributed by atoms with Crippen molar-refractivity contribution in [2.24, 2.45) is 0 Å². The molecule has 1 aliphatic heterocycles. The number of sulfonamides is 1. The van der Waals surface area contributed by atoms with Crippen LogP contribution in [0.25, 0.3) is 0 Å². The van der Waals surface area contributed by atoms with Gasteiger partial charge >= 0.3 is 0 Å². The van der Waals surface area contributed by atoms with E-state index in [2.05, 4.69) is 0 Å². The second kappa shape index (κ2) is 6.42. The molecule has 2 atom stereocenters. The fourth-order valence-corrected chi connectivity index (χ4v) is 4.53. The summed E-state index contributed by atoms with van der Waals surface area (Å²) in [6.45, 7) is 2.15. The fourth-order valence-electron chi connectivity index (χ4n) is 3.02. The van der Waals surface area contributed by atoms with Crippen LogP contribution in [0, 0.1) is 6.92 Å². The lowest BCUT2D eigenvalue weighted by Crippen LogP contribution is -2.44. The summed E-state index contributed by atoms with van der Waals surface area (Å²) in [7, 11) is -3.66. The number of aryl methyl sites for hydroxylation is 1. The first-order valence-electron chi connectivity index (χ1n) is 7.72. The monoisotopic (exact) mass is 333 g/mol. The van der Waals surface area contributed by atoms with Crippen LogP contribution in [0.5, 0.6) is 0 Å².